The van der Waals surface area contributed by atoms with E-state index < -0.39 is 24.4 Å². The number of hydrogen-bond donors (Lipinski definition) is 0. The normalized spacial score (nSPS) is 21.8. The third kappa shape index (κ3) is 3.08. The average molecular weight is 384 g/mol. The average Bonchev–Trinajstić information content (AvgIpc) is 3.22. The molecular formula is C18H19F3N2O4. The molecule has 9 heteroatoms. The Bertz CT molecular complexity index is 768. The maximum absolute atomic E-state index is 13.0. The lowest BCUT2D eigenvalue weighted by Crippen LogP contribution is -2.44. The zero-order valence-corrected chi connectivity index (χ0v) is 14.6. The van der Waals surface area contributed by atoms with E-state index in [1.54, 1.807) is 4.90 Å². The van der Waals surface area contributed by atoms with Gasteiger partial charge in [-0.2, -0.15) is 13.2 Å². The van der Waals surface area contributed by atoms with Crippen LogP contribution in [0.15, 0.2) is 18.2 Å². The number of rotatable bonds is 2. The van der Waals surface area contributed by atoms with Gasteiger partial charge in [0.05, 0.1) is 18.9 Å². The minimum atomic E-state index is -4.57. The molecule has 1 aromatic rings. The summed E-state index contributed by atoms with van der Waals surface area (Å²) in [7, 11) is 0. The summed E-state index contributed by atoms with van der Waals surface area (Å²) in [6, 6.07) is 4.27. The molecule has 2 fully saturated rings. The van der Waals surface area contributed by atoms with Gasteiger partial charge >= 0.3 is 6.18 Å². The number of likely N-dealkylation sites (tertiary alicyclic amines) is 1. The molecule has 4 rings (SSSR count). The van der Waals surface area contributed by atoms with Gasteiger partial charge in [-0.25, -0.2) is 0 Å². The number of piperidine rings is 1. The second kappa shape index (κ2) is 6.49. The topological polar surface area (TPSA) is 59.1 Å². The molecule has 0 aromatic heterocycles. The molecule has 2 amide bonds. The highest BCUT2D eigenvalue weighted by Crippen LogP contribution is 2.47. The summed E-state index contributed by atoms with van der Waals surface area (Å²) in [6.45, 7) is 0.0395. The first kappa shape index (κ1) is 18.2. The number of alkyl halides is 3. The van der Waals surface area contributed by atoms with Crippen LogP contribution >= 0.6 is 0 Å². The molecule has 27 heavy (non-hydrogen) atoms. The molecule has 146 valence electrons. The van der Waals surface area contributed by atoms with Crippen molar-refractivity contribution in [1.29, 1.82) is 0 Å². The fourth-order valence-electron chi connectivity index (χ4n) is 3.88. The van der Waals surface area contributed by atoms with E-state index in [1.807, 2.05) is 0 Å². The zero-order chi connectivity index (χ0) is 19.2. The molecule has 3 aliphatic heterocycles. The number of hydrogen-bond acceptors (Lipinski definition) is 4. The van der Waals surface area contributed by atoms with E-state index >= 15 is 0 Å². The Balaban J connectivity index is 1.72. The lowest BCUT2D eigenvalue weighted by atomic mass is 10.0. The van der Waals surface area contributed by atoms with Gasteiger partial charge in [-0.3, -0.25) is 14.5 Å². The second-order valence-electron chi connectivity index (χ2n) is 6.90. The predicted molar refractivity (Wildman–Crippen MR) is 88.2 cm³/mol. The number of halogens is 3. The molecule has 0 unspecified atom stereocenters. The Hall–Kier alpha value is -2.13. The van der Waals surface area contributed by atoms with Crippen molar-refractivity contribution < 1.29 is 32.2 Å². The standard InChI is InChI=1S/C18H19F3N2O4/c19-17(20,21)11-23-14-5-4-12(15(24)22-6-2-1-3-7-22)10-13(14)18(16(23)25)26-8-9-27-18/h4-5,10H,1-3,6-9,11H2. The first-order chi connectivity index (χ1) is 12.8. The van der Waals surface area contributed by atoms with Crippen molar-refractivity contribution in [3.63, 3.8) is 0 Å². The monoisotopic (exact) mass is 384 g/mol. The maximum atomic E-state index is 13.0. The van der Waals surface area contributed by atoms with Crippen LogP contribution < -0.4 is 4.90 Å². The minimum absolute atomic E-state index is 0.0643. The van der Waals surface area contributed by atoms with Crippen molar-refractivity contribution in [2.24, 2.45) is 0 Å². The van der Waals surface area contributed by atoms with Crippen molar-refractivity contribution in [1.82, 2.24) is 4.90 Å². The van der Waals surface area contributed by atoms with Crippen LogP contribution in [0, 0.1) is 0 Å². The zero-order valence-electron chi connectivity index (χ0n) is 14.6. The lowest BCUT2D eigenvalue weighted by Gasteiger charge is -2.27. The molecule has 0 N–H and O–H groups in total. The Morgan fingerprint density at radius 3 is 2.41 bits per heavy atom. The number of fused-ring (bicyclic) bond motifs is 2. The van der Waals surface area contributed by atoms with Gasteiger partial charge in [-0.05, 0) is 37.5 Å². The number of ether oxygens (including phenoxy) is 2. The Labute approximate surface area is 153 Å². The molecule has 0 atom stereocenters. The van der Waals surface area contributed by atoms with Gasteiger partial charge in [0.15, 0.2) is 0 Å². The van der Waals surface area contributed by atoms with Gasteiger partial charge in [-0.15, -0.1) is 0 Å². The Morgan fingerprint density at radius 1 is 1.11 bits per heavy atom. The number of benzene rings is 1. The highest BCUT2D eigenvalue weighted by molar-refractivity contribution is 6.07. The molecule has 0 radical (unpaired) electrons. The molecule has 0 bridgehead atoms. The van der Waals surface area contributed by atoms with Crippen LogP contribution in [-0.4, -0.2) is 55.7 Å². The Kier molecular flexibility index (Phi) is 4.38. The van der Waals surface area contributed by atoms with Crippen molar-refractivity contribution in [2.75, 3.05) is 37.7 Å². The van der Waals surface area contributed by atoms with E-state index in [1.165, 1.54) is 18.2 Å². The SMILES string of the molecule is O=C(c1ccc2c(c1)C1(OCCO1)C(=O)N2CC(F)(F)F)N1CCCCC1. The van der Waals surface area contributed by atoms with E-state index in [0.717, 1.165) is 19.3 Å². The molecule has 3 aliphatic rings. The minimum Gasteiger partial charge on any atom is -0.339 e. The van der Waals surface area contributed by atoms with E-state index in [0.29, 0.717) is 23.6 Å². The van der Waals surface area contributed by atoms with Crippen molar-refractivity contribution in [3.8, 4) is 0 Å². The van der Waals surface area contributed by atoms with Crippen molar-refractivity contribution >= 4 is 17.5 Å². The maximum Gasteiger partial charge on any atom is 0.406 e. The number of amides is 2. The number of nitrogens with zero attached hydrogens (tertiary/aromatic N) is 2. The summed E-state index contributed by atoms with van der Waals surface area (Å²) in [6.07, 6.45) is -1.66. The van der Waals surface area contributed by atoms with Gasteiger partial charge in [0, 0.05) is 24.2 Å². The molecule has 6 nitrogen and oxygen atoms in total. The summed E-state index contributed by atoms with van der Waals surface area (Å²) in [5, 5.41) is 0. The fraction of sp³-hybridized carbons (Fsp3) is 0.556. The molecule has 0 aliphatic carbocycles. The van der Waals surface area contributed by atoms with Gasteiger partial charge in [-0.1, -0.05) is 0 Å². The fourth-order valence-corrected chi connectivity index (χ4v) is 3.88. The summed E-state index contributed by atoms with van der Waals surface area (Å²) in [4.78, 5) is 27.8. The van der Waals surface area contributed by atoms with Crippen LogP contribution in [0.4, 0.5) is 18.9 Å². The van der Waals surface area contributed by atoms with Crippen LogP contribution in [0.1, 0.15) is 35.2 Å². The summed E-state index contributed by atoms with van der Waals surface area (Å²) >= 11 is 0. The van der Waals surface area contributed by atoms with E-state index in [4.69, 9.17) is 9.47 Å². The van der Waals surface area contributed by atoms with E-state index in [9.17, 15) is 22.8 Å². The van der Waals surface area contributed by atoms with Gasteiger partial charge < -0.3 is 14.4 Å². The quantitative estimate of drug-likeness (QED) is 0.786. The van der Waals surface area contributed by atoms with Crippen LogP contribution in [0.5, 0.6) is 0 Å². The number of carbonyl (C=O) groups excluding carboxylic acids is 2. The number of anilines is 1. The predicted octanol–water partition coefficient (Wildman–Crippen LogP) is 2.42. The largest absolute Gasteiger partial charge is 0.406 e. The van der Waals surface area contributed by atoms with E-state index in [2.05, 4.69) is 0 Å². The number of carbonyl (C=O) groups is 2. The second-order valence-corrected chi connectivity index (χ2v) is 6.90. The molecular weight excluding hydrogens is 365 g/mol. The molecule has 1 aromatic carbocycles. The summed E-state index contributed by atoms with van der Waals surface area (Å²) < 4.78 is 49.8. The van der Waals surface area contributed by atoms with Crippen LogP contribution in [0.25, 0.3) is 0 Å². The Morgan fingerprint density at radius 2 is 1.78 bits per heavy atom. The lowest BCUT2D eigenvalue weighted by molar-refractivity contribution is -0.183. The smallest absolute Gasteiger partial charge is 0.339 e. The van der Waals surface area contributed by atoms with Gasteiger partial charge in [0.2, 0.25) is 0 Å². The van der Waals surface area contributed by atoms with Gasteiger partial charge in [0.25, 0.3) is 17.6 Å². The third-order valence-corrected chi connectivity index (χ3v) is 5.09. The van der Waals surface area contributed by atoms with Crippen LogP contribution in [-0.2, 0) is 20.1 Å². The van der Waals surface area contributed by atoms with Crippen LogP contribution in [0.2, 0.25) is 0 Å². The summed E-state index contributed by atoms with van der Waals surface area (Å²) in [5.74, 6) is -3.00. The molecule has 3 heterocycles. The first-order valence-electron chi connectivity index (χ1n) is 8.92. The highest BCUT2D eigenvalue weighted by Gasteiger charge is 2.57. The molecule has 0 saturated carbocycles. The van der Waals surface area contributed by atoms with Gasteiger partial charge in [0.1, 0.15) is 6.54 Å². The van der Waals surface area contributed by atoms with Crippen LogP contribution in [0.3, 0.4) is 0 Å². The first-order valence-corrected chi connectivity index (χ1v) is 8.92. The third-order valence-electron chi connectivity index (χ3n) is 5.09. The summed E-state index contributed by atoms with van der Waals surface area (Å²) in [5.41, 5.74) is 0.544. The van der Waals surface area contributed by atoms with E-state index in [-0.39, 0.29) is 30.4 Å². The van der Waals surface area contributed by atoms with Crippen molar-refractivity contribution in [3.05, 3.63) is 29.3 Å². The molecule has 2 saturated heterocycles. The van der Waals surface area contributed by atoms with Crippen molar-refractivity contribution in [2.45, 2.75) is 31.2 Å². The molecule has 1 spiro atoms. The highest BCUT2D eigenvalue weighted by atomic mass is 19.4.